The molecular formula is C26H19F2IN2O3. The van der Waals surface area contributed by atoms with E-state index in [0.717, 1.165) is 12.1 Å². The number of rotatable bonds is 8. The van der Waals surface area contributed by atoms with Gasteiger partial charge in [-0.05, 0) is 75.7 Å². The summed E-state index contributed by atoms with van der Waals surface area (Å²) in [6.07, 6.45) is 3.57. The van der Waals surface area contributed by atoms with Gasteiger partial charge in [-0.3, -0.25) is 14.6 Å². The first-order valence-electron chi connectivity index (χ1n) is 10.4. The molecule has 0 aromatic heterocycles. The lowest BCUT2D eigenvalue weighted by Crippen LogP contribution is -2.16. The highest BCUT2D eigenvalue weighted by Gasteiger charge is 2.20. The van der Waals surface area contributed by atoms with E-state index in [-0.39, 0.29) is 35.5 Å². The minimum atomic E-state index is -0.826. The van der Waals surface area contributed by atoms with Crippen molar-refractivity contribution in [1.29, 1.82) is 0 Å². The summed E-state index contributed by atoms with van der Waals surface area (Å²) in [4.78, 5) is 28.8. The fourth-order valence-corrected chi connectivity index (χ4v) is 4.13. The summed E-state index contributed by atoms with van der Waals surface area (Å²) in [5.41, 5.74) is 7.15. The van der Waals surface area contributed by atoms with Gasteiger partial charge in [0, 0.05) is 22.5 Å². The molecule has 0 aliphatic carbocycles. The number of hydrogen-bond acceptors (Lipinski definition) is 4. The summed E-state index contributed by atoms with van der Waals surface area (Å²) in [5.74, 6) is -1.86. The SMILES string of the molecule is NC(=O)c1c(Cc2ccc(I)cc2F)cc(F)cc1Oc1cccc(CC(=O)C2=NCC=C2)c1. The molecule has 0 bridgehead atoms. The summed E-state index contributed by atoms with van der Waals surface area (Å²) in [5, 5.41) is 0. The van der Waals surface area contributed by atoms with Crippen molar-refractivity contribution in [2.75, 3.05) is 6.54 Å². The van der Waals surface area contributed by atoms with E-state index in [0.29, 0.717) is 32.7 Å². The normalized spacial score (nSPS) is 12.5. The predicted octanol–water partition coefficient (Wildman–Crippen LogP) is 5.17. The van der Waals surface area contributed by atoms with E-state index in [1.54, 1.807) is 42.5 Å². The van der Waals surface area contributed by atoms with Gasteiger partial charge in [0.2, 0.25) is 0 Å². The lowest BCUT2D eigenvalue weighted by atomic mass is 9.98. The molecule has 3 aromatic rings. The van der Waals surface area contributed by atoms with E-state index in [2.05, 4.69) is 4.99 Å². The molecule has 1 heterocycles. The molecule has 1 amide bonds. The number of aliphatic imine (C=N–C) groups is 1. The van der Waals surface area contributed by atoms with Gasteiger partial charge < -0.3 is 10.5 Å². The number of primary amides is 1. The van der Waals surface area contributed by atoms with Crippen LogP contribution in [0.1, 0.15) is 27.0 Å². The van der Waals surface area contributed by atoms with Gasteiger partial charge in [-0.15, -0.1) is 0 Å². The summed E-state index contributed by atoms with van der Waals surface area (Å²) < 4.78 is 35.4. The number of halogens is 3. The molecule has 0 spiro atoms. The number of nitrogens with two attached hydrogens (primary N) is 1. The molecule has 1 aliphatic rings. The van der Waals surface area contributed by atoms with Gasteiger partial charge in [-0.1, -0.05) is 24.3 Å². The third kappa shape index (κ3) is 5.56. The van der Waals surface area contributed by atoms with Crippen LogP contribution in [0.25, 0.3) is 0 Å². The fourth-order valence-electron chi connectivity index (χ4n) is 3.68. The van der Waals surface area contributed by atoms with Gasteiger partial charge in [-0.2, -0.15) is 0 Å². The third-order valence-corrected chi connectivity index (χ3v) is 5.88. The van der Waals surface area contributed by atoms with E-state index in [9.17, 15) is 18.4 Å². The molecule has 172 valence electrons. The zero-order valence-corrected chi connectivity index (χ0v) is 20.0. The average Bonchev–Trinajstić information content (AvgIpc) is 3.31. The van der Waals surface area contributed by atoms with E-state index in [1.807, 2.05) is 28.7 Å². The van der Waals surface area contributed by atoms with Crippen molar-refractivity contribution in [3.05, 3.63) is 104 Å². The van der Waals surface area contributed by atoms with Crippen LogP contribution in [0.15, 0.2) is 71.7 Å². The van der Waals surface area contributed by atoms with Crippen LogP contribution in [0.3, 0.4) is 0 Å². The van der Waals surface area contributed by atoms with Crippen LogP contribution in [0, 0.1) is 15.2 Å². The quantitative estimate of drug-likeness (QED) is 0.378. The number of benzene rings is 3. The fraction of sp³-hybridized carbons (Fsp3) is 0.115. The average molecular weight is 572 g/mol. The molecule has 1 aliphatic heterocycles. The Bertz CT molecular complexity index is 1350. The van der Waals surface area contributed by atoms with Crippen molar-refractivity contribution < 1.29 is 23.1 Å². The molecule has 5 nitrogen and oxygen atoms in total. The lowest BCUT2D eigenvalue weighted by Gasteiger charge is -2.15. The van der Waals surface area contributed by atoms with Crippen LogP contribution in [0.4, 0.5) is 8.78 Å². The smallest absolute Gasteiger partial charge is 0.252 e. The maximum Gasteiger partial charge on any atom is 0.252 e. The van der Waals surface area contributed by atoms with E-state index < -0.39 is 17.5 Å². The van der Waals surface area contributed by atoms with Crippen LogP contribution < -0.4 is 10.5 Å². The zero-order valence-electron chi connectivity index (χ0n) is 17.9. The summed E-state index contributed by atoms with van der Waals surface area (Å²) in [6.45, 7) is 0.494. The number of amides is 1. The first kappa shape index (κ1) is 23.7. The second kappa shape index (κ2) is 10.3. The number of Topliss-reactive ketones (excluding diaryl/α,β-unsaturated/α-hetero) is 1. The number of nitrogens with zero attached hydrogens (tertiary/aromatic N) is 1. The van der Waals surface area contributed by atoms with Crippen LogP contribution in [-0.2, 0) is 17.6 Å². The Balaban J connectivity index is 1.63. The Morgan fingerprint density at radius 2 is 1.88 bits per heavy atom. The second-order valence-electron chi connectivity index (χ2n) is 7.69. The molecule has 2 N–H and O–H groups in total. The van der Waals surface area contributed by atoms with Crippen LogP contribution in [-0.4, -0.2) is 23.9 Å². The van der Waals surface area contributed by atoms with Crippen LogP contribution in [0.2, 0.25) is 0 Å². The molecule has 0 atom stereocenters. The van der Waals surface area contributed by atoms with Crippen molar-refractivity contribution in [2.24, 2.45) is 10.7 Å². The van der Waals surface area contributed by atoms with Crippen molar-refractivity contribution >= 4 is 40.0 Å². The largest absolute Gasteiger partial charge is 0.456 e. The maximum atomic E-state index is 14.5. The van der Waals surface area contributed by atoms with Gasteiger partial charge >= 0.3 is 0 Å². The third-order valence-electron chi connectivity index (χ3n) is 5.21. The molecule has 0 saturated carbocycles. The van der Waals surface area contributed by atoms with Crippen molar-refractivity contribution in [3.63, 3.8) is 0 Å². The molecule has 0 unspecified atom stereocenters. The number of carbonyl (C=O) groups excluding carboxylic acids is 2. The highest BCUT2D eigenvalue weighted by Crippen LogP contribution is 2.31. The van der Waals surface area contributed by atoms with Gasteiger partial charge in [-0.25, -0.2) is 8.78 Å². The highest BCUT2D eigenvalue weighted by molar-refractivity contribution is 14.1. The minimum Gasteiger partial charge on any atom is -0.456 e. The number of carbonyl (C=O) groups is 2. The van der Waals surface area contributed by atoms with Gasteiger partial charge in [0.25, 0.3) is 5.91 Å². The zero-order chi connectivity index (χ0) is 24.2. The number of ketones is 1. The molecule has 0 fully saturated rings. The van der Waals surface area contributed by atoms with Gasteiger partial charge in [0.1, 0.15) is 28.8 Å². The number of allylic oxidation sites excluding steroid dienone is 1. The second-order valence-corrected chi connectivity index (χ2v) is 8.94. The standard InChI is InChI=1S/C26H19F2IN2O3/c27-18-12-17(11-16-6-7-19(29)14-21(16)28)25(26(30)33)24(13-18)34-20-4-1-3-15(9-20)10-23(32)22-5-2-8-31-22/h1-7,9,12-14H,8,10-11H2,(H2,30,33). The van der Waals surface area contributed by atoms with Crippen molar-refractivity contribution in [3.8, 4) is 11.5 Å². The Labute approximate surface area is 208 Å². The van der Waals surface area contributed by atoms with E-state index in [4.69, 9.17) is 10.5 Å². The first-order chi connectivity index (χ1) is 16.3. The molecule has 3 aromatic carbocycles. The minimum absolute atomic E-state index is 0.0359. The lowest BCUT2D eigenvalue weighted by molar-refractivity contribution is -0.112. The van der Waals surface area contributed by atoms with Gasteiger partial charge in [0.05, 0.1) is 12.1 Å². The Hall–Kier alpha value is -3.40. The predicted molar refractivity (Wildman–Crippen MR) is 134 cm³/mol. The molecule has 0 saturated heterocycles. The molecule has 8 heteroatoms. The maximum absolute atomic E-state index is 14.5. The summed E-state index contributed by atoms with van der Waals surface area (Å²) in [7, 11) is 0. The van der Waals surface area contributed by atoms with Crippen LogP contribution >= 0.6 is 22.6 Å². The number of ether oxygens (including phenoxy) is 1. The Kier molecular flexibility index (Phi) is 7.16. The van der Waals surface area contributed by atoms with Crippen molar-refractivity contribution in [1.82, 2.24) is 0 Å². The first-order valence-corrected chi connectivity index (χ1v) is 11.4. The summed E-state index contributed by atoms with van der Waals surface area (Å²) >= 11 is 1.99. The number of hydrogen-bond donors (Lipinski definition) is 1. The Morgan fingerprint density at radius 3 is 2.59 bits per heavy atom. The molecule has 4 rings (SSSR count). The van der Waals surface area contributed by atoms with Crippen LogP contribution in [0.5, 0.6) is 11.5 Å². The molecule has 0 radical (unpaired) electrons. The molecular weight excluding hydrogens is 553 g/mol. The summed E-state index contributed by atoms with van der Waals surface area (Å²) in [6, 6.07) is 13.6. The van der Waals surface area contributed by atoms with E-state index in [1.165, 1.54) is 6.07 Å². The van der Waals surface area contributed by atoms with E-state index >= 15 is 0 Å². The van der Waals surface area contributed by atoms with Crippen molar-refractivity contribution in [2.45, 2.75) is 12.8 Å². The monoisotopic (exact) mass is 572 g/mol. The highest BCUT2D eigenvalue weighted by atomic mass is 127. The van der Waals surface area contributed by atoms with Gasteiger partial charge in [0.15, 0.2) is 5.78 Å². The topological polar surface area (TPSA) is 81.8 Å². The Morgan fingerprint density at radius 1 is 1.06 bits per heavy atom. The molecule has 34 heavy (non-hydrogen) atoms.